The number of morpholine rings is 1. The number of methoxy groups -OCH3 is 1. The van der Waals surface area contributed by atoms with Crippen LogP contribution in [0.25, 0.3) is 0 Å². The molecule has 144 valence electrons. The quantitative estimate of drug-likeness (QED) is 0.812. The maximum Gasteiger partial charge on any atom is 0.261 e. The molecule has 0 aromatic heterocycles. The summed E-state index contributed by atoms with van der Waals surface area (Å²) in [5.41, 5.74) is 2.23. The van der Waals surface area contributed by atoms with E-state index in [1.165, 1.54) is 5.69 Å². The Kier molecular flexibility index (Phi) is 6.54. The third kappa shape index (κ3) is 5.37. The number of hydrogen-bond donors (Lipinski definition) is 1. The summed E-state index contributed by atoms with van der Waals surface area (Å²) in [6, 6.07) is 15.5. The van der Waals surface area contributed by atoms with Crippen LogP contribution < -0.4 is 19.7 Å². The average molecular weight is 370 g/mol. The first-order chi connectivity index (χ1) is 13.2. The van der Waals surface area contributed by atoms with Crippen LogP contribution in [-0.2, 0) is 16.1 Å². The highest BCUT2D eigenvalue weighted by Crippen LogP contribution is 2.20. The first-order valence-corrected chi connectivity index (χ1v) is 9.16. The van der Waals surface area contributed by atoms with Crippen molar-refractivity contribution in [2.24, 2.45) is 0 Å². The van der Waals surface area contributed by atoms with Crippen molar-refractivity contribution in [2.45, 2.75) is 19.6 Å². The van der Waals surface area contributed by atoms with Gasteiger partial charge in [0.25, 0.3) is 5.91 Å². The van der Waals surface area contributed by atoms with Crippen LogP contribution in [0.1, 0.15) is 12.5 Å². The zero-order valence-corrected chi connectivity index (χ0v) is 15.8. The molecule has 2 aromatic rings. The van der Waals surface area contributed by atoms with Crippen molar-refractivity contribution in [3.8, 4) is 11.5 Å². The van der Waals surface area contributed by atoms with Crippen molar-refractivity contribution in [2.75, 3.05) is 38.3 Å². The predicted molar refractivity (Wildman–Crippen MR) is 104 cm³/mol. The van der Waals surface area contributed by atoms with Crippen molar-refractivity contribution >= 4 is 11.6 Å². The summed E-state index contributed by atoms with van der Waals surface area (Å²) in [5.74, 6) is 1.14. The van der Waals surface area contributed by atoms with Crippen LogP contribution >= 0.6 is 0 Å². The van der Waals surface area contributed by atoms with Crippen LogP contribution in [0.5, 0.6) is 11.5 Å². The van der Waals surface area contributed by atoms with Gasteiger partial charge in [-0.15, -0.1) is 0 Å². The zero-order valence-electron chi connectivity index (χ0n) is 15.8. The summed E-state index contributed by atoms with van der Waals surface area (Å²) >= 11 is 0. The van der Waals surface area contributed by atoms with Gasteiger partial charge in [0.15, 0.2) is 6.10 Å². The van der Waals surface area contributed by atoms with E-state index < -0.39 is 6.10 Å². The van der Waals surface area contributed by atoms with Crippen molar-refractivity contribution in [3.05, 3.63) is 54.1 Å². The molecule has 1 saturated heterocycles. The van der Waals surface area contributed by atoms with Crippen LogP contribution in [-0.4, -0.2) is 45.4 Å². The topological polar surface area (TPSA) is 60.0 Å². The molecule has 0 bridgehead atoms. The SMILES string of the molecule is COc1cccc(O[C@@H](C)C(=O)NCc2ccc(N3CCOCC3)cc2)c1. The van der Waals surface area contributed by atoms with Gasteiger partial charge in [-0.1, -0.05) is 18.2 Å². The van der Waals surface area contributed by atoms with Crippen LogP contribution in [0.4, 0.5) is 5.69 Å². The zero-order chi connectivity index (χ0) is 19.1. The van der Waals surface area contributed by atoms with E-state index in [0.717, 1.165) is 31.9 Å². The molecule has 1 amide bonds. The first-order valence-electron chi connectivity index (χ1n) is 9.16. The van der Waals surface area contributed by atoms with Gasteiger partial charge in [-0.3, -0.25) is 4.79 Å². The van der Waals surface area contributed by atoms with E-state index in [0.29, 0.717) is 18.0 Å². The molecule has 0 unspecified atom stereocenters. The lowest BCUT2D eigenvalue weighted by molar-refractivity contribution is -0.127. The molecule has 0 spiro atoms. The summed E-state index contributed by atoms with van der Waals surface area (Å²) in [4.78, 5) is 14.6. The minimum Gasteiger partial charge on any atom is -0.497 e. The lowest BCUT2D eigenvalue weighted by Gasteiger charge is -2.28. The first kappa shape index (κ1) is 19.0. The van der Waals surface area contributed by atoms with Gasteiger partial charge in [0, 0.05) is 31.4 Å². The van der Waals surface area contributed by atoms with Gasteiger partial charge in [-0.05, 0) is 36.8 Å². The molecule has 1 N–H and O–H groups in total. The van der Waals surface area contributed by atoms with Crippen LogP contribution in [0.3, 0.4) is 0 Å². The van der Waals surface area contributed by atoms with Crippen molar-refractivity contribution in [3.63, 3.8) is 0 Å². The Morgan fingerprint density at radius 3 is 2.56 bits per heavy atom. The highest BCUT2D eigenvalue weighted by atomic mass is 16.5. The molecule has 1 aliphatic heterocycles. The summed E-state index contributed by atoms with van der Waals surface area (Å²) < 4.78 is 16.2. The number of ether oxygens (including phenoxy) is 3. The maximum absolute atomic E-state index is 12.3. The molecule has 6 heteroatoms. The molecule has 3 rings (SSSR count). The normalized spacial score (nSPS) is 15.1. The molecule has 1 heterocycles. The van der Waals surface area contributed by atoms with E-state index >= 15 is 0 Å². The lowest BCUT2D eigenvalue weighted by atomic mass is 10.2. The Labute approximate surface area is 160 Å². The fraction of sp³-hybridized carbons (Fsp3) is 0.381. The molecule has 0 aliphatic carbocycles. The fourth-order valence-electron chi connectivity index (χ4n) is 2.91. The number of nitrogens with one attached hydrogen (secondary N) is 1. The van der Waals surface area contributed by atoms with Gasteiger partial charge in [0.1, 0.15) is 11.5 Å². The number of benzene rings is 2. The third-order valence-electron chi connectivity index (χ3n) is 4.50. The minimum absolute atomic E-state index is 0.157. The van der Waals surface area contributed by atoms with E-state index in [1.54, 1.807) is 26.2 Å². The van der Waals surface area contributed by atoms with E-state index in [9.17, 15) is 4.79 Å². The van der Waals surface area contributed by atoms with Crippen LogP contribution in [0.15, 0.2) is 48.5 Å². The van der Waals surface area contributed by atoms with Crippen molar-refractivity contribution in [1.29, 1.82) is 0 Å². The van der Waals surface area contributed by atoms with Crippen molar-refractivity contribution < 1.29 is 19.0 Å². The van der Waals surface area contributed by atoms with E-state index in [4.69, 9.17) is 14.2 Å². The number of carbonyl (C=O) groups excluding carboxylic acids is 1. The lowest BCUT2D eigenvalue weighted by Crippen LogP contribution is -2.36. The van der Waals surface area contributed by atoms with Crippen LogP contribution in [0.2, 0.25) is 0 Å². The smallest absolute Gasteiger partial charge is 0.261 e. The molecule has 27 heavy (non-hydrogen) atoms. The maximum atomic E-state index is 12.3. The fourth-order valence-corrected chi connectivity index (χ4v) is 2.91. The monoisotopic (exact) mass is 370 g/mol. The number of nitrogens with zero attached hydrogens (tertiary/aromatic N) is 1. The highest BCUT2D eigenvalue weighted by molar-refractivity contribution is 5.80. The van der Waals surface area contributed by atoms with Gasteiger partial charge in [-0.2, -0.15) is 0 Å². The molecular formula is C21H26N2O4. The van der Waals surface area contributed by atoms with Gasteiger partial charge in [-0.25, -0.2) is 0 Å². The molecule has 2 aromatic carbocycles. The second kappa shape index (κ2) is 9.28. The number of hydrogen-bond acceptors (Lipinski definition) is 5. The molecule has 0 saturated carbocycles. The van der Waals surface area contributed by atoms with Gasteiger partial charge in [0.2, 0.25) is 0 Å². The van der Waals surface area contributed by atoms with E-state index in [1.807, 2.05) is 24.3 Å². The Hall–Kier alpha value is -2.73. The number of rotatable bonds is 7. The second-order valence-corrected chi connectivity index (χ2v) is 6.42. The van der Waals surface area contributed by atoms with Crippen molar-refractivity contribution in [1.82, 2.24) is 5.32 Å². The van der Waals surface area contributed by atoms with Gasteiger partial charge in [0.05, 0.1) is 20.3 Å². The Morgan fingerprint density at radius 2 is 1.85 bits per heavy atom. The number of carbonyl (C=O) groups is 1. The Bertz CT molecular complexity index is 742. The summed E-state index contributed by atoms with van der Waals surface area (Å²) in [5, 5.41) is 2.92. The van der Waals surface area contributed by atoms with Gasteiger partial charge < -0.3 is 24.4 Å². The molecule has 1 aliphatic rings. The largest absolute Gasteiger partial charge is 0.497 e. The molecule has 0 radical (unpaired) electrons. The highest BCUT2D eigenvalue weighted by Gasteiger charge is 2.15. The Morgan fingerprint density at radius 1 is 1.15 bits per heavy atom. The second-order valence-electron chi connectivity index (χ2n) is 6.42. The predicted octanol–water partition coefficient (Wildman–Crippen LogP) is 2.62. The standard InChI is InChI=1S/C21H26N2O4/c1-16(27-20-5-3-4-19(14-20)25-2)21(24)22-15-17-6-8-18(9-7-17)23-10-12-26-13-11-23/h3-9,14,16H,10-13,15H2,1-2H3,(H,22,24)/t16-/m0/s1. The summed E-state index contributed by atoms with van der Waals surface area (Å²) in [7, 11) is 1.60. The molecular weight excluding hydrogens is 344 g/mol. The number of amides is 1. The summed E-state index contributed by atoms with van der Waals surface area (Å²) in [6.07, 6.45) is -0.593. The Balaban J connectivity index is 1.49. The van der Waals surface area contributed by atoms with E-state index in [2.05, 4.69) is 22.3 Å². The van der Waals surface area contributed by atoms with Gasteiger partial charge >= 0.3 is 0 Å². The summed E-state index contributed by atoms with van der Waals surface area (Å²) in [6.45, 7) is 5.56. The molecule has 1 fully saturated rings. The number of anilines is 1. The average Bonchev–Trinajstić information content (AvgIpc) is 2.73. The van der Waals surface area contributed by atoms with Crippen LogP contribution in [0, 0.1) is 0 Å². The van der Waals surface area contributed by atoms with E-state index in [-0.39, 0.29) is 5.91 Å². The minimum atomic E-state index is -0.593. The molecule has 6 nitrogen and oxygen atoms in total. The third-order valence-corrected chi connectivity index (χ3v) is 4.50. The molecule has 1 atom stereocenters.